The smallest absolute Gasteiger partial charge is 0.326 e. The number of phenols is 1. The largest absolute Gasteiger partial charge is 0.508 e. The first-order valence-corrected chi connectivity index (χ1v) is 12.2. The number of phenolic OH excluding ortho intramolecular Hbond substituents is 1. The molecular weight excluding hydrogens is 476 g/mol. The molecule has 0 saturated heterocycles. The van der Waals surface area contributed by atoms with E-state index in [1.165, 1.54) is 19.1 Å². The lowest BCUT2D eigenvalue weighted by molar-refractivity contribution is -0.142. The van der Waals surface area contributed by atoms with Crippen molar-refractivity contribution in [3.05, 3.63) is 65.7 Å². The van der Waals surface area contributed by atoms with E-state index in [0.717, 1.165) is 5.56 Å². The second kappa shape index (κ2) is 14.0. The fourth-order valence-electron chi connectivity index (χ4n) is 3.70. The molecule has 4 atom stereocenters. The van der Waals surface area contributed by atoms with E-state index >= 15 is 0 Å². The standard InChI is InChI=1S/C27H36N4O6/c1-16(2)13-21(28)25(34)29-17(3)24(33)30-22(14-18-7-5-4-6-8-18)26(35)31-23(27(36)37)15-19-9-11-20(32)12-10-19/h4-12,16-17,21-23,32H,13-15,28H2,1-3H3,(H,29,34)(H,30,33)(H,31,35)(H,36,37). The average molecular weight is 513 g/mol. The zero-order chi connectivity index (χ0) is 27.5. The Hall–Kier alpha value is -3.92. The molecule has 2 aromatic carbocycles. The third kappa shape index (κ3) is 9.92. The van der Waals surface area contributed by atoms with Gasteiger partial charge in [0.25, 0.3) is 0 Å². The molecule has 200 valence electrons. The Morgan fingerprint density at radius 3 is 1.86 bits per heavy atom. The van der Waals surface area contributed by atoms with Crippen LogP contribution in [-0.4, -0.2) is 58.1 Å². The predicted octanol–water partition coefficient (Wildman–Crippen LogP) is 1.11. The van der Waals surface area contributed by atoms with Crippen LogP contribution < -0.4 is 21.7 Å². The molecule has 0 spiro atoms. The number of carbonyl (C=O) groups is 4. The van der Waals surface area contributed by atoms with Crippen molar-refractivity contribution in [2.75, 3.05) is 0 Å². The molecule has 10 nitrogen and oxygen atoms in total. The van der Waals surface area contributed by atoms with Crippen LogP contribution in [0.4, 0.5) is 0 Å². The van der Waals surface area contributed by atoms with Crippen molar-refractivity contribution in [1.82, 2.24) is 16.0 Å². The molecule has 37 heavy (non-hydrogen) atoms. The lowest BCUT2D eigenvalue weighted by Crippen LogP contribution is -2.57. The highest BCUT2D eigenvalue weighted by atomic mass is 16.4. The van der Waals surface area contributed by atoms with Gasteiger partial charge in [-0.1, -0.05) is 56.3 Å². The molecule has 0 aromatic heterocycles. The summed E-state index contributed by atoms with van der Waals surface area (Å²) in [4.78, 5) is 50.3. The number of benzene rings is 2. The number of aromatic hydroxyl groups is 1. The quantitative estimate of drug-likeness (QED) is 0.233. The number of hydrogen-bond acceptors (Lipinski definition) is 6. The minimum Gasteiger partial charge on any atom is -0.508 e. The molecule has 2 rings (SSSR count). The van der Waals surface area contributed by atoms with Gasteiger partial charge in [-0.15, -0.1) is 0 Å². The zero-order valence-electron chi connectivity index (χ0n) is 21.3. The second-order valence-corrected chi connectivity index (χ2v) is 9.49. The molecular formula is C27H36N4O6. The number of carboxylic acid groups (broad SMARTS) is 1. The molecule has 0 bridgehead atoms. The fraction of sp³-hybridized carbons (Fsp3) is 0.407. The number of aliphatic carboxylic acids is 1. The van der Waals surface area contributed by atoms with Crippen LogP contribution in [0.3, 0.4) is 0 Å². The van der Waals surface area contributed by atoms with Crippen LogP contribution in [0.15, 0.2) is 54.6 Å². The number of amides is 3. The van der Waals surface area contributed by atoms with E-state index in [1.54, 1.807) is 36.4 Å². The van der Waals surface area contributed by atoms with Crippen LogP contribution >= 0.6 is 0 Å². The van der Waals surface area contributed by atoms with Gasteiger partial charge in [-0.2, -0.15) is 0 Å². The van der Waals surface area contributed by atoms with Crippen molar-refractivity contribution in [3.63, 3.8) is 0 Å². The maximum atomic E-state index is 13.2. The Kier molecular flexibility index (Phi) is 11.1. The van der Waals surface area contributed by atoms with Crippen LogP contribution in [0, 0.1) is 5.92 Å². The second-order valence-electron chi connectivity index (χ2n) is 9.49. The third-order valence-electron chi connectivity index (χ3n) is 5.72. The monoisotopic (exact) mass is 512 g/mol. The summed E-state index contributed by atoms with van der Waals surface area (Å²) in [7, 11) is 0. The molecule has 3 amide bonds. The van der Waals surface area contributed by atoms with Crippen molar-refractivity contribution >= 4 is 23.7 Å². The molecule has 0 aliphatic rings. The maximum Gasteiger partial charge on any atom is 0.326 e. The summed E-state index contributed by atoms with van der Waals surface area (Å²) in [6, 6.07) is 10.8. The minimum absolute atomic E-state index is 0.0203. The summed E-state index contributed by atoms with van der Waals surface area (Å²) in [5.74, 6) is -2.76. The Labute approximate surface area is 216 Å². The zero-order valence-corrected chi connectivity index (χ0v) is 21.3. The van der Waals surface area contributed by atoms with E-state index in [4.69, 9.17) is 5.73 Å². The van der Waals surface area contributed by atoms with E-state index in [9.17, 15) is 29.4 Å². The van der Waals surface area contributed by atoms with Gasteiger partial charge >= 0.3 is 5.97 Å². The van der Waals surface area contributed by atoms with Crippen molar-refractivity contribution in [3.8, 4) is 5.75 Å². The Balaban J connectivity index is 2.13. The summed E-state index contributed by atoms with van der Waals surface area (Å²) >= 11 is 0. The van der Waals surface area contributed by atoms with Crippen molar-refractivity contribution in [2.24, 2.45) is 11.7 Å². The van der Waals surface area contributed by atoms with E-state index < -0.39 is 47.9 Å². The van der Waals surface area contributed by atoms with Crippen LogP contribution in [-0.2, 0) is 32.0 Å². The van der Waals surface area contributed by atoms with Crippen LogP contribution in [0.25, 0.3) is 0 Å². The first kappa shape index (κ1) is 29.3. The lowest BCUT2D eigenvalue weighted by Gasteiger charge is -2.24. The summed E-state index contributed by atoms with van der Waals surface area (Å²) in [5.41, 5.74) is 7.25. The number of carboxylic acids is 1. The van der Waals surface area contributed by atoms with Gasteiger partial charge in [0.15, 0.2) is 0 Å². The Bertz CT molecular complexity index is 1060. The first-order chi connectivity index (χ1) is 17.5. The van der Waals surface area contributed by atoms with Crippen LogP contribution in [0.2, 0.25) is 0 Å². The number of nitrogens with two attached hydrogens (primary N) is 1. The number of rotatable bonds is 13. The molecule has 0 aliphatic heterocycles. The van der Waals surface area contributed by atoms with Gasteiger partial charge in [-0.3, -0.25) is 14.4 Å². The number of carbonyl (C=O) groups excluding carboxylic acids is 3. The third-order valence-corrected chi connectivity index (χ3v) is 5.72. The summed E-state index contributed by atoms with van der Waals surface area (Å²) in [6.45, 7) is 5.35. The van der Waals surface area contributed by atoms with Gasteiger partial charge in [0.2, 0.25) is 17.7 Å². The van der Waals surface area contributed by atoms with E-state index in [0.29, 0.717) is 12.0 Å². The average Bonchev–Trinajstić information content (AvgIpc) is 2.84. The van der Waals surface area contributed by atoms with Crippen molar-refractivity contribution in [2.45, 2.75) is 64.2 Å². The van der Waals surface area contributed by atoms with Crippen molar-refractivity contribution in [1.29, 1.82) is 0 Å². The molecule has 2 aromatic rings. The molecule has 0 fully saturated rings. The minimum atomic E-state index is -1.27. The van der Waals surface area contributed by atoms with Crippen LogP contribution in [0.1, 0.15) is 38.3 Å². The first-order valence-electron chi connectivity index (χ1n) is 12.2. The SMILES string of the molecule is CC(C)CC(N)C(=O)NC(C)C(=O)NC(Cc1ccccc1)C(=O)NC(Cc1ccc(O)cc1)C(=O)O. The number of hydrogen-bond donors (Lipinski definition) is 6. The van der Waals surface area contributed by atoms with Gasteiger partial charge < -0.3 is 31.9 Å². The normalized spacial score (nSPS) is 14.2. The molecule has 0 aliphatic carbocycles. The summed E-state index contributed by atoms with van der Waals surface area (Å²) in [6.07, 6.45) is 0.544. The number of nitrogens with one attached hydrogen (secondary N) is 3. The van der Waals surface area contributed by atoms with E-state index in [-0.39, 0.29) is 24.5 Å². The molecule has 10 heteroatoms. The fourth-order valence-corrected chi connectivity index (χ4v) is 3.70. The summed E-state index contributed by atoms with van der Waals surface area (Å²) < 4.78 is 0. The highest BCUT2D eigenvalue weighted by Gasteiger charge is 2.29. The highest BCUT2D eigenvalue weighted by molar-refractivity contribution is 5.94. The van der Waals surface area contributed by atoms with Crippen LogP contribution in [0.5, 0.6) is 5.75 Å². The lowest BCUT2D eigenvalue weighted by atomic mass is 10.0. The Morgan fingerprint density at radius 2 is 1.30 bits per heavy atom. The predicted molar refractivity (Wildman–Crippen MR) is 138 cm³/mol. The summed E-state index contributed by atoms with van der Waals surface area (Å²) in [5, 5.41) is 26.8. The van der Waals surface area contributed by atoms with Crippen molar-refractivity contribution < 1.29 is 29.4 Å². The topological polar surface area (TPSA) is 171 Å². The Morgan fingerprint density at radius 1 is 0.757 bits per heavy atom. The van der Waals surface area contributed by atoms with E-state index in [2.05, 4.69) is 16.0 Å². The molecule has 0 radical (unpaired) electrons. The molecule has 0 heterocycles. The molecule has 0 saturated carbocycles. The van der Waals surface area contributed by atoms with Gasteiger partial charge in [-0.25, -0.2) is 4.79 Å². The highest BCUT2D eigenvalue weighted by Crippen LogP contribution is 2.12. The molecule has 4 unspecified atom stereocenters. The van der Waals surface area contributed by atoms with Gasteiger partial charge in [0.05, 0.1) is 6.04 Å². The maximum absolute atomic E-state index is 13.2. The van der Waals surface area contributed by atoms with Gasteiger partial charge in [0, 0.05) is 12.8 Å². The van der Waals surface area contributed by atoms with E-state index in [1.807, 2.05) is 19.9 Å². The van der Waals surface area contributed by atoms with Gasteiger partial charge in [0.1, 0.15) is 23.9 Å². The van der Waals surface area contributed by atoms with Gasteiger partial charge in [-0.05, 0) is 42.5 Å². The molecule has 7 N–H and O–H groups in total.